The van der Waals surface area contributed by atoms with Gasteiger partial charge in [0.05, 0.1) is 22.0 Å². The van der Waals surface area contributed by atoms with Crippen molar-refractivity contribution in [3.05, 3.63) is 64.8 Å². The molecular weight excluding hydrogens is 374 g/mol. The molecule has 2 aliphatic rings. The third-order valence-electron chi connectivity index (χ3n) is 4.12. The zero-order valence-corrected chi connectivity index (χ0v) is 15.0. The average Bonchev–Trinajstić information content (AvgIpc) is 2.97. The highest BCUT2D eigenvalue weighted by Crippen LogP contribution is 2.39. The number of hydrogen-bond donors (Lipinski definition) is 1. The van der Waals surface area contributed by atoms with Crippen LogP contribution in [0.5, 0.6) is 0 Å². The Hall–Kier alpha value is -2.49. The van der Waals surface area contributed by atoms with Gasteiger partial charge in [-0.3, -0.25) is 19.9 Å². The minimum Gasteiger partial charge on any atom is -0.282 e. The quantitative estimate of drug-likeness (QED) is 0.792. The highest BCUT2D eigenvalue weighted by molar-refractivity contribution is 8.18. The number of aromatic nitrogens is 1. The topological polar surface area (TPSA) is 96.4 Å². The minimum absolute atomic E-state index is 0.00104. The number of sulfonamides is 1. The molecule has 2 aliphatic heterocycles. The molecule has 0 bridgehead atoms. The molecule has 132 valence electrons. The van der Waals surface area contributed by atoms with Gasteiger partial charge in [-0.15, -0.1) is 0 Å². The molecule has 2 amide bonds. The first-order valence-electron chi connectivity index (χ1n) is 7.72. The number of benzene rings is 1. The molecule has 0 aliphatic carbocycles. The van der Waals surface area contributed by atoms with Crippen molar-refractivity contribution >= 4 is 38.5 Å². The fourth-order valence-corrected chi connectivity index (χ4v) is 5.32. The highest BCUT2D eigenvalue weighted by atomic mass is 32.2. The van der Waals surface area contributed by atoms with Crippen molar-refractivity contribution < 1.29 is 18.0 Å². The van der Waals surface area contributed by atoms with Gasteiger partial charge >= 0.3 is 0 Å². The molecule has 1 saturated heterocycles. The second-order valence-corrected chi connectivity index (χ2v) is 8.63. The normalized spacial score (nSPS) is 22.2. The summed E-state index contributed by atoms with van der Waals surface area (Å²) in [5.41, 5.74) is 1.58. The second-order valence-electron chi connectivity index (χ2n) is 5.74. The van der Waals surface area contributed by atoms with E-state index in [9.17, 15) is 18.0 Å². The Labute approximate surface area is 154 Å². The third-order valence-corrected chi connectivity index (χ3v) is 6.89. The molecule has 4 rings (SSSR count). The smallest absolute Gasteiger partial charge is 0.282 e. The van der Waals surface area contributed by atoms with Gasteiger partial charge in [0.15, 0.2) is 0 Å². The van der Waals surface area contributed by atoms with Crippen LogP contribution in [0.2, 0.25) is 0 Å². The number of thioether (sulfide) groups is 1. The molecule has 1 aromatic carbocycles. The van der Waals surface area contributed by atoms with Gasteiger partial charge in [-0.05, 0) is 35.5 Å². The first kappa shape index (κ1) is 17.0. The summed E-state index contributed by atoms with van der Waals surface area (Å²) in [4.78, 5) is 28.2. The zero-order chi connectivity index (χ0) is 18.3. The summed E-state index contributed by atoms with van der Waals surface area (Å²) in [5, 5.41) is 1.77. The lowest BCUT2D eigenvalue weighted by molar-refractivity contribution is -0.115. The van der Waals surface area contributed by atoms with Crippen LogP contribution in [-0.2, 0) is 21.4 Å². The van der Waals surface area contributed by atoms with Gasteiger partial charge in [-0.25, -0.2) is 8.42 Å². The van der Waals surface area contributed by atoms with Gasteiger partial charge < -0.3 is 0 Å². The maximum absolute atomic E-state index is 13.0. The summed E-state index contributed by atoms with van der Waals surface area (Å²) < 4.78 is 27.3. The van der Waals surface area contributed by atoms with Crippen molar-refractivity contribution in [1.82, 2.24) is 14.6 Å². The van der Waals surface area contributed by atoms with Crippen LogP contribution < -0.4 is 5.32 Å². The van der Waals surface area contributed by atoms with Crippen LogP contribution in [0.1, 0.15) is 11.3 Å². The van der Waals surface area contributed by atoms with Gasteiger partial charge in [0, 0.05) is 18.3 Å². The number of carbonyl (C=O) groups excluding carboxylic acids is 2. The predicted octanol–water partition coefficient (Wildman–Crippen LogP) is 1.98. The monoisotopic (exact) mass is 387 g/mol. The van der Waals surface area contributed by atoms with Crippen LogP contribution in [0.15, 0.2) is 58.5 Å². The van der Waals surface area contributed by atoms with Gasteiger partial charge in [0.1, 0.15) is 0 Å². The molecule has 1 N–H and O–H groups in total. The van der Waals surface area contributed by atoms with E-state index in [2.05, 4.69) is 10.3 Å². The fourth-order valence-electron chi connectivity index (χ4n) is 2.95. The number of hydrogen-bond acceptors (Lipinski definition) is 6. The van der Waals surface area contributed by atoms with Crippen molar-refractivity contribution in [2.75, 3.05) is 6.54 Å². The van der Waals surface area contributed by atoms with Crippen molar-refractivity contribution in [3.8, 4) is 0 Å². The number of carbonyl (C=O) groups is 2. The van der Waals surface area contributed by atoms with E-state index < -0.39 is 21.2 Å². The Bertz CT molecular complexity index is 1050. The van der Waals surface area contributed by atoms with Crippen molar-refractivity contribution in [1.29, 1.82) is 0 Å². The molecule has 0 unspecified atom stereocenters. The first-order valence-corrected chi connectivity index (χ1v) is 9.98. The summed E-state index contributed by atoms with van der Waals surface area (Å²) in [6.45, 7) is 0.0769. The molecule has 1 fully saturated rings. The van der Waals surface area contributed by atoms with E-state index in [4.69, 9.17) is 0 Å². The van der Waals surface area contributed by atoms with E-state index in [1.165, 1.54) is 10.4 Å². The largest absolute Gasteiger partial charge is 0.290 e. The summed E-state index contributed by atoms with van der Waals surface area (Å²) in [7, 11) is -3.74. The maximum Gasteiger partial charge on any atom is 0.290 e. The Morgan fingerprint density at radius 2 is 1.88 bits per heavy atom. The lowest BCUT2D eigenvalue weighted by atomic mass is 10.0. The molecule has 0 saturated carbocycles. The maximum atomic E-state index is 13.0. The number of nitrogens with zero attached hydrogens (tertiary/aromatic N) is 2. The second kappa shape index (κ2) is 6.35. The minimum atomic E-state index is -3.74. The average molecular weight is 387 g/mol. The van der Waals surface area contributed by atoms with Gasteiger partial charge in [0.25, 0.3) is 11.1 Å². The Morgan fingerprint density at radius 3 is 2.58 bits per heavy atom. The molecule has 7 nitrogen and oxygen atoms in total. The van der Waals surface area contributed by atoms with E-state index >= 15 is 0 Å². The van der Waals surface area contributed by atoms with E-state index in [1.807, 2.05) is 0 Å². The van der Waals surface area contributed by atoms with Gasteiger partial charge in [-0.2, -0.15) is 4.31 Å². The summed E-state index contributed by atoms with van der Waals surface area (Å²) in [6, 6.07) is 11.8. The number of pyridine rings is 1. The molecular formula is C17H13N3O4S2. The predicted molar refractivity (Wildman–Crippen MR) is 96.3 cm³/mol. The zero-order valence-electron chi connectivity index (χ0n) is 13.4. The Morgan fingerprint density at radius 1 is 1.12 bits per heavy atom. The standard InChI is InChI=1S/C17H13N3O4S2/c21-16-15(25-17(22)19-16)13-10-20(9-11-5-3-4-8-18-11)26(23,24)14-7-2-1-6-12(13)14/h1-8H,9-10H2,(H,19,21,22)/b15-13-. The third kappa shape index (κ3) is 2.83. The molecule has 1 aromatic heterocycles. The SMILES string of the molecule is O=C1NC(=O)/C(=C2\CN(Cc3ccccn3)S(=O)(=O)c3ccccc32)S1. The lowest BCUT2D eigenvalue weighted by Gasteiger charge is -2.30. The number of fused-ring (bicyclic) bond motifs is 1. The molecule has 0 atom stereocenters. The van der Waals surface area contributed by atoms with Crippen LogP contribution in [-0.4, -0.2) is 35.4 Å². The molecule has 0 spiro atoms. The van der Waals surface area contributed by atoms with Crippen LogP contribution in [0.3, 0.4) is 0 Å². The Balaban J connectivity index is 1.86. The van der Waals surface area contributed by atoms with Crippen LogP contribution in [0.25, 0.3) is 5.57 Å². The van der Waals surface area contributed by atoms with Gasteiger partial charge in [-0.1, -0.05) is 24.3 Å². The van der Waals surface area contributed by atoms with E-state index in [1.54, 1.807) is 42.6 Å². The van der Waals surface area contributed by atoms with Crippen molar-refractivity contribution in [2.24, 2.45) is 0 Å². The van der Waals surface area contributed by atoms with Gasteiger partial charge in [0.2, 0.25) is 10.0 Å². The summed E-state index contributed by atoms with van der Waals surface area (Å²) in [6.07, 6.45) is 1.60. The summed E-state index contributed by atoms with van der Waals surface area (Å²) >= 11 is 0.795. The number of amides is 2. The molecule has 9 heteroatoms. The molecule has 2 aromatic rings. The van der Waals surface area contributed by atoms with E-state index in [0.717, 1.165) is 11.8 Å². The molecule has 0 radical (unpaired) electrons. The van der Waals surface area contributed by atoms with Crippen LogP contribution >= 0.6 is 11.8 Å². The number of rotatable bonds is 2. The fraction of sp³-hybridized carbons (Fsp3) is 0.118. The van der Waals surface area contributed by atoms with Crippen molar-refractivity contribution in [3.63, 3.8) is 0 Å². The van der Waals surface area contributed by atoms with E-state index in [-0.39, 0.29) is 22.9 Å². The number of nitrogens with one attached hydrogen (secondary N) is 1. The van der Waals surface area contributed by atoms with Crippen molar-refractivity contribution in [2.45, 2.75) is 11.4 Å². The molecule has 3 heterocycles. The lowest BCUT2D eigenvalue weighted by Crippen LogP contribution is -2.37. The summed E-state index contributed by atoms with van der Waals surface area (Å²) in [5.74, 6) is -0.498. The van der Waals surface area contributed by atoms with Crippen LogP contribution in [0, 0.1) is 0 Å². The van der Waals surface area contributed by atoms with Crippen LogP contribution in [0.4, 0.5) is 4.79 Å². The Kier molecular flexibility index (Phi) is 4.14. The van der Waals surface area contributed by atoms with E-state index in [0.29, 0.717) is 16.8 Å². The number of imide groups is 1. The molecule has 26 heavy (non-hydrogen) atoms. The highest BCUT2D eigenvalue weighted by Gasteiger charge is 2.38. The first-order chi connectivity index (χ1) is 12.5.